The average molecular weight is 203 g/mol. The maximum absolute atomic E-state index is 11.4. The molecule has 0 N–H and O–H groups in total. The summed E-state index contributed by atoms with van der Waals surface area (Å²) in [4.78, 5) is 10.8. The molecule has 1 rings (SSSR count). The lowest BCUT2D eigenvalue weighted by Crippen LogP contribution is -2.12. The van der Waals surface area contributed by atoms with E-state index in [9.17, 15) is 14.3 Å². The minimum atomic E-state index is -1.13. The van der Waals surface area contributed by atoms with E-state index in [2.05, 4.69) is 0 Å². The molecular weight excluding hydrogens is 190 g/mol. The zero-order valence-electron chi connectivity index (χ0n) is 7.62. The predicted molar refractivity (Wildman–Crippen MR) is 51.2 cm³/mol. The summed E-state index contributed by atoms with van der Waals surface area (Å²) in [7, 11) is -1.13. The van der Waals surface area contributed by atoms with E-state index in [0.29, 0.717) is 23.5 Å². The smallest absolute Gasteiger partial charge is 0.258 e. The standard InChI is InChI=1S/C8H13NO3S/c1-2-13(12)8-6-4-3-5-7(8)9(10)11/h2-6H2,1H3. The van der Waals surface area contributed by atoms with Gasteiger partial charge in [-0.05, 0) is 19.3 Å². The van der Waals surface area contributed by atoms with Gasteiger partial charge in [-0.3, -0.25) is 14.3 Å². The average Bonchev–Trinajstić information content (AvgIpc) is 2.16. The Morgan fingerprint density at radius 2 is 2.08 bits per heavy atom. The van der Waals surface area contributed by atoms with E-state index in [1.54, 1.807) is 6.92 Å². The van der Waals surface area contributed by atoms with Crippen LogP contribution >= 0.6 is 0 Å². The molecule has 0 saturated heterocycles. The van der Waals surface area contributed by atoms with Crippen LogP contribution < -0.4 is 0 Å². The lowest BCUT2D eigenvalue weighted by Gasteiger charge is -2.12. The molecule has 0 aromatic rings. The summed E-state index contributed by atoms with van der Waals surface area (Å²) < 4.78 is 11.4. The Kier molecular flexibility index (Phi) is 3.59. The predicted octanol–water partition coefficient (Wildman–Crippen LogP) is 1.82. The van der Waals surface area contributed by atoms with Gasteiger partial charge in [0.05, 0.1) is 20.6 Å². The maximum Gasteiger partial charge on any atom is 0.258 e. The van der Waals surface area contributed by atoms with Crippen LogP contribution in [0.3, 0.4) is 0 Å². The number of allylic oxidation sites excluding steroid dienone is 2. The number of nitrogens with zero attached hydrogens (tertiary/aromatic N) is 1. The highest BCUT2D eigenvalue weighted by Crippen LogP contribution is 2.27. The molecule has 0 spiro atoms. The number of hydrogen-bond donors (Lipinski definition) is 0. The quantitative estimate of drug-likeness (QED) is 0.519. The van der Waals surface area contributed by atoms with Crippen molar-refractivity contribution in [1.82, 2.24) is 0 Å². The fourth-order valence-corrected chi connectivity index (χ4v) is 2.63. The first-order chi connectivity index (χ1) is 6.16. The first-order valence-electron chi connectivity index (χ1n) is 4.41. The van der Waals surface area contributed by atoms with Crippen molar-refractivity contribution in [3.05, 3.63) is 20.7 Å². The summed E-state index contributed by atoms with van der Waals surface area (Å²) in [5, 5.41) is 10.6. The van der Waals surface area contributed by atoms with Gasteiger partial charge in [-0.2, -0.15) is 0 Å². The first kappa shape index (κ1) is 10.4. The lowest BCUT2D eigenvalue weighted by atomic mass is 10.1. The molecule has 0 heterocycles. The highest BCUT2D eigenvalue weighted by molar-refractivity contribution is 7.88. The summed E-state index contributed by atoms with van der Waals surface area (Å²) in [5.41, 5.74) is 0.200. The van der Waals surface area contributed by atoms with E-state index in [1.165, 1.54) is 0 Å². The van der Waals surface area contributed by atoms with Crippen LogP contribution in [0.15, 0.2) is 10.6 Å². The van der Waals surface area contributed by atoms with E-state index >= 15 is 0 Å². The third-order valence-corrected chi connectivity index (χ3v) is 3.66. The zero-order chi connectivity index (χ0) is 9.84. The largest absolute Gasteiger partial charge is 0.259 e. The summed E-state index contributed by atoms with van der Waals surface area (Å²) >= 11 is 0. The van der Waals surface area contributed by atoms with Crippen molar-refractivity contribution in [2.24, 2.45) is 0 Å². The molecule has 1 aliphatic rings. The number of rotatable bonds is 3. The Morgan fingerprint density at radius 1 is 1.46 bits per heavy atom. The summed E-state index contributed by atoms with van der Waals surface area (Å²) in [5.74, 6) is 0.479. The van der Waals surface area contributed by atoms with Gasteiger partial charge in [0.1, 0.15) is 0 Å². The highest BCUT2D eigenvalue weighted by atomic mass is 32.2. The number of hydrogen-bond acceptors (Lipinski definition) is 3. The molecule has 13 heavy (non-hydrogen) atoms. The van der Waals surface area contributed by atoms with Crippen molar-refractivity contribution in [3.63, 3.8) is 0 Å². The van der Waals surface area contributed by atoms with Gasteiger partial charge >= 0.3 is 0 Å². The Morgan fingerprint density at radius 3 is 2.62 bits per heavy atom. The molecular formula is C8H13NO3S. The van der Waals surface area contributed by atoms with Crippen LogP contribution in [0.4, 0.5) is 0 Å². The van der Waals surface area contributed by atoms with Crippen molar-refractivity contribution in [2.75, 3.05) is 5.75 Å². The topological polar surface area (TPSA) is 60.2 Å². The summed E-state index contributed by atoms with van der Waals surface area (Å²) in [6, 6.07) is 0. The van der Waals surface area contributed by atoms with Crippen LogP contribution in [0.5, 0.6) is 0 Å². The SMILES string of the molecule is CCS(=O)C1=C([N+](=O)[O-])CCCC1. The third-order valence-electron chi connectivity index (χ3n) is 2.15. The van der Waals surface area contributed by atoms with E-state index in [0.717, 1.165) is 12.8 Å². The maximum atomic E-state index is 11.4. The second-order valence-electron chi connectivity index (χ2n) is 2.97. The van der Waals surface area contributed by atoms with E-state index in [4.69, 9.17) is 0 Å². The Labute approximate surface area is 79.6 Å². The summed E-state index contributed by atoms with van der Waals surface area (Å²) in [6.07, 6.45) is 2.89. The van der Waals surface area contributed by atoms with Crippen LogP contribution in [0.25, 0.3) is 0 Å². The molecule has 0 bridgehead atoms. The van der Waals surface area contributed by atoms with Gasteiger partial charge in [0, 0.05) is 12.2 Å². The van der Waals surface area contributed by atoms with E-state index in [1.807, 2.05) is 0 Å². The van der Waals surface area contributed by atoms with Crippen molar-refractivity contribution in [2.45, 2.75) is 32.6 Å². The van der Waals surface area contributed by atoms with E-state index < -0.39 is 10.8 Å². The monoisotopic (exact) mass is 203 g/mol. The van der Waals surface area contributed by atoms with Crippen molar-refractivity contribution in [3.8, 4) is 0 Å². The summed E-state index contributed by atoms with van der Waals surface area (Å²) in [6.45, 7) is 1.79. The van der Waals surface area contributed by atoms with Gasteiger partial charge < -0.3 is 0 Å². The molecule has 0 aromatic carbocycles. The van der Waals surface area contributed by atoms with E-state index in [-0.39, 0.29) is 10.6 Å². The van der Waals surface area contributed by atoms with Gasteiger partial charge in [0.2, 0.25) is 0 Å². The molecule has 5 heteroatoms. The minimum absolute atomic E-state index is 0.200. The molecule has 1 aliphatic carbocycles. The molecule has 1 unspecified atom stereocenters. The van der Waals surface area contributed by atoms with Gasteiger partial charge in [-0.25, -0.2) is 0 Å². The van der Waals surface area contributed by atoms with Gasteiger partial charge in [0.15, 0.2) is 0 Å². The van der Waals surface area contributed by atoms with Crippen LogP contribution in [0, 0.1) is 10.1 Å². The normalized spacial score (nSPS) is 20.1. The second-order valence-corrected chi connectivity index (χ2v) is 4.73. The minimum Gasteiger partial charge on any atom is -0.259 e. The molecule has 74 valence electrons. The van der Waals surface area contributed by atoms with Crippen molar-refractivity contribution >= 4 is 10.8 Å². The third kappa shape index (κ3) is 2.37. The molecule has 0 fully saturated rings. The first-order valence-corrected chi connectivity index (χ1v) is 5.73. The van der Waals surface area contributed by atoms with Crippen LogP contribution in [0.2, 0.25) is 0 Å². The lowest BCUT2D eigenvalue weighted by molar-refractivity contribution is -0.429. The second kappa shape index (κ2) is 4.50. The molecule has 0 amide bonds. The Hall–Kier alpha value is -0.710. The Balaban J connectivity index is 2.96. The molecule has 0 saturated carbocycles. The number of nitro groups is 1. The molecule has 0 aliphatic heterocycles. The fraction of sp³-hybridized carbons (Fsp3) is 0.750. The van der Waals surface area contributed by atoms with Crippen LogP contribution in [-0.4, -0.2) is 14.9 Å². The van der Waals surface area contributed by atoms with Gasteiger partial charge in [-0.15, -0.1) is 0 Å². The zero-order valence-corrected chi connectivity index (χ0v) is 8.43. The molecule has 1 atom stereocenters. The van der Waals surface area contributed by atoms with Gasteiger partial charge in [-0.1, -0.05) is 6.92 Å². The molecule has 4 nitrogen and oxygen atoms in total. The molecule has 0 aromatic heterocycles. The highest BCUT2D eigenvalue weighted by Gasteiger charge is 2.25. The van der Waals surface area contributed by atoms with Crippen LogP contribution in [-0.2, 0) is 10.8 Å². The van der Waals surface area contributed by atoms with Crippen molar-refractivity contribution in [1.29, 1.82) is 0 Å². The molecule has 0 radical (unpaired) electrons. The van der Waals surface area contributed by atoms with Crippen LogP contribution in [0.1, 0.15) is 32.6 Å². The fourth-order valence-electron chi connectivity index (χ4n) is 1.47. The Bertz CT molecular complexity index is 273. The van der Waals surface area contributed by atoms with Crippen molar-refractivity contribution < 1.29 is 9.13 Å². The van der Waals surface area contributed by atoms with Gasteiger partial charge in [0.25, 0.3) is 5.70 Å².